The lowest BCUT2D eigenvalue weighted by Gasteiger charge is -1.98. The van der Waals surface area contributed by atoms with Gasteiger partial charge < -0.3 is 10.3 Å². The maximum Gasteiger partial charge on any atom is 0.280 e. The van der Waals surface area contributed by atoms with Crippen LogP contribution in [0.5, 0.6) is 0 Å². The summed E-state index contributed by atoms with van der Waals surface area (Å²) >= 11 is 6.73. The van der Waals surface area contributed by atoms with E-state index in [1.807, 2.05) is 6.07 Å². The van der Waals surface area contributed by atoms with Crippen molar-refractivity contribution in [3.8, 4) is 23.1 Å². The first-order valence-electron chi connectivity index (χ1n) is 5.37. The number of hydrogen-bond acceptors (Lipinski definition) is 7. The number of rotatable bonds is 2. The molecule has 0 saturated carbocycles. The molecule has 9 heteroatoms. The normalized spacial score (nSPS) is 10.7. The molecular formula is C11H6Br2N6O. The van der Waals surface area contributed by atoms with E-state index in [-0.39, 0.29) is 11.7 Å². The summed E-state index contributed by atoms with van der Waals surface area (Å²) in [6.45, 7) is 0. The lowest BCUT2D eigenvalue weighted by Crippen LogP contribution is -1.96. The van der Waals surface area contributed by atoms with Crippen LogP contribution in [0.25, 0.3) is 23.1 Å². The molecule has 100 valence electrons. The molecule has 0 spiro atoms. The Bertz CT molecular complexity index is 775. The van der Waals surface area contributed by atoms with Gasteiger partial charge in [-0.05, 0) is 37.9 Å². The highest BCUT2D eigenvalue weighted by atomic mass is 79.9. The fourth-order valence-corrected chi connectivity index (χ4v) is 2.67. The van der Waals surface area contributed by atoms with E-state index in [9.17, 15) is 0 Å². The molecule has 3 heterocycles. The summed E-state index contributed by atoms with van der Waals surface area (Å²) in [5.41, 5.74) is 6.63. The van der Waals surface area contributed by atoms with Crippen LogP contribution in [0.4, 0.5) is 5.82 Å². The molecule has 0 aromatic carbocycles. The average molecular weight is 398 g/mol. The van der Waals surface area contributed by atoms with E-state index >= 15 is 0 Å². The number of nitrogen functional groups attached to an aromatic ring is 1. The summed E-state index contributed by atoms with van der Waals surface area (Å²) in [5.74, 6) is 0.761. The Morgan fingerprint density at radius 2 is 1.85 bits per heavy atom. The smallest absolute Gasteiger partial charge is 0.280 e. The Morgan fingerprint density at radius 3 is 2.60 bits per heavy atom. The maximum absolute atomic E-state index is 5.72. The zero-order valence-corrected chi connectivity index (χ0v) is 13.0. The van der Waals surface area contributed by atoms with Gasteiger partial charge in [0.2, 0.25) is 5.82 Å². The van der Waals surface area contributed by atoms with Gasteiger partial charge in [-0.3, -0.25) is 4.98 Å². The fourth-order valence-electron chi connectivity index (χ4n) is 1.51. The van der Waals surface area contributed by atoms with Crippen LogP contribution >= 0.6 is 31.9 Å². The first kappa shape index (κ1) is 13.1. The van der Waals surface area contributed by atoms with Gasteiger partial charge >= 0.3 is 0 Å². The summed E-state index contributed by atoms with van der Waals surface area (Å²) in [7, 11) is 0. The Hall–Kier alpha value is -1.87. The van der Waals surface area contributed by atoms with Crippen molar-refractivity contribution in [2.24, 2.45) is 0 Å². The molecule has 0 amide bonds. The van der Waals surface area contributed by atoms with Gasteiger partial charge in [0.05, 0.1) is 0 Å². The van der Waals surface area contributed by atoms with E-state index in [4.69, 9.17) is 10.3 Å². The van der Waals surface area contributed by atoms with Gasteiger partial charge in [-0.2, -0.15) is 4.98 Å². The van der Waals surface area contributed by atoms with Crippen molar-refractivity contribution in [1.29, 1.82) is 0 Å². The van der Waals surface area contributed by atoms with Crippen LogP contribution in [0, 0.1) is 0 Å². The SMILES string of the molecule is Nc1nccnc1-c1nc(-c2ncc(Br)cc2Br)no1. The molecule has 7 nitrogen and oxygen atoms in total. The Kier molecular flexibility index (Phi) is 3.45. The van der Waals surface area contributed by atoms with Crippen molar-refractivity contribution < 1.29 is 4.52 Å². The standard InChI is InChI=1S/C11H6Br2N6O/c12-5-3-6(13)7(17-4-5)10-18-11(20-19-10)8-9(14)16-2-1-15-8/h1-4H,(H2,14,16). The van der Waals surface area contributed by atoms with E-state index < -0.39 is 0 Å². The summed E-state index contributed by atoms with van der Waals surface area (Å²) in [6.07, 6.45) is 4.64. The molecule has 0 bridgehead atoms. The van der Waals surface area contributed by atoms with Crippen LogP contribution in [-0.4, -0.2) is 25.1 Å². The minimum Gasteiger partial charge on any atom is -0.382 e. The molecule has 0 atom stereocenters. The summed E-state index contributed by atoms with van der Waals surface area (Å²) in [4.78, 5) is 16.5. The van der Waals surface area contributed by atoms with E-state index in [0.717, 1.165) is 8.95 Å². The van der Waals surface area contributed by atoms with Gasteiger partial charge in [0.1, 0.15) is 5.69 Å². The summed E-state index contributed by atoms with van der Waals surface area (Å²) in [6, 6.07) is 1.84. The number of nitrogens with two attached hydrogens (primary N) is 1. The lowest BCUT2D eigenvalue weighted by molar-refractivity contribution is 0.431. The van der Waals surface area contributed by atoms with Crippen molar-refractivity contribution in [2.45, 2.75) is 0 Å². The Labute approximate surface area is 129 Å². The van der Waals surface area contributed by atoms with Crippen LogP contribution in [-0.2, 0) is 0 Å². The largest absolute Gasteiger partial charge is 0.382 e. The molecule has 0 fully saturated rings. The molecule has 0 unspecified atom stereocenters. The molecule has 20 heavy (non-hydrogen) atoms. The number of pyridine rings is 1. The van der Waals surface area contributed by atoms with Crippen LogP contribution in [0.15, 0.2) is 38.1 Å². The molecule has 3 aromatic heterocycles. The average Bonchev–Trinajstić information content (AvgIpc) is 2.88. The van der Waals surface area contributed by atoms with Gasteiger partial charge in [0, 0.05) is 27.5 Å². The molecule has 0 radical (unpaired) electrons. The lowest BCUT2D eigenvalue weighted by atomic mass is 10.3. The number of aromatic nitrogens is 5. The van der Waals surface area contributed by atoms with Crippen LogP contribution < -0.4 is 5.73 Å². The van der Waals surface area contributed by atoms with E-state index in [0.29, 0.717) is 17.2 Å². The molecule has 0 saturated heterocycles. The van der Waals surface area contributed by atoms with Crippen molar-refractivity contribution in [3.05, 3.63) is 33.6 Å². The maximum atomic E-state index is 5.72. The van der Waals surface area contributed by atoms with Crippen LogP contribution in [0.1, 0.15) is 0 Å². The second kappa shape index (κ2) is 5.25. The second-order valence-electron chi connectivity index (χ2n) is 3.70. The zero-order valence-electron chi connectivity index (χ0n) is 9.79. The molecule has 0 aliphatic heterocycles. The van der Waals surface area contributed by atoms with Crippen LogP contribution in [0.3, 0.4) is 0 Å². The van der Waals surface area contributed by atoms with Gasteiger partial charge in [0.15, 0.2) is 11.5 Å². The first-order valence-corrected chi connectivity index (χ1v) is 6.95. The summed E-state index contributed by atoms with van der Waals surface area (Å²) in [5, 5.41) is 3.88. The zero-order chi connectivity index (χ0) is 14.1. The molecule has 3 rings (SSSR count). The Morgan fingerprint density at radius 1 is 1.05 bits per heavy atom. The topological polar surface area (TPSA) is 104 Å². The molecular weight excluding hydrogens is 392 g/mol. The minimum atomic E-state index is 0.196. The van der Waals surface area contributed by atoms with Gasteiger partial charge in [-0.25, -0.2) is 9.97 Å². The molecule has 3 aromatic rings. The van der Waals surface area contributed by atoms with E-state index in [1.165, 1.54) is 12.4 Å². The molecule has 2 N–H and O–H groups in total. The summed E-state index contributed by atoms with van der Waals surface area (Å²) < 4.78 is 6.74. The first-order chi connectivity index (χ1) is 9.65. The number of nitrogens with zero attached hydrogens (tertiary/aromatic N) is 5. The monoisotopic (exact) mass is 396 g/mol. The van der Waals surface area contributed by atoms with E-state index in [2.05, 4.69) is 57.0 Å². The number of hydrogen-bond donors (Lipinski definition) is 1. The van der Waals surface area contributed by atoms with E-state index in [1.54, 1.807) is 6.20 Å². The fraction of sp³-hybridized carbons (Fsp3) is 0. The third-order valence-electron chi connectivity index (χ3n) is 2.37. The third-order valence-corrected chi connectivity index (χ3v) is 3.41. The minimum absolute atomic E-state index is 0.196. The highest BCUT2D eigenvalue weighted by Crippen LogP contribution is 2.28. The predicted octanol–water partition coefficient (Wildman–Crippen LogP) is 2.70. The predicted molar refractivity (Wildman–Crippen MR) is 78.4 cm³/mol. The Balaban J connectivity index is 2.04. The van der Waals surface area contributed by atoms with Crippen molar-refractivity contribution in [1.82, 2.24) is 25.1 Å². The molecule has 0 aliphatic carbocycles. The van der Waals surface area contributed by atoms with Crippen molar-refractivity contribution in [2.75, 3.05) is 5.73 Å². The van der Waals surface area contributed by atoms with Crippen LogP contribution in [0.2, 0.25) is 0 Å². The second-order valence-corrected chi connectivity index (χ2v) is 5.47. The van der Waals surface area contributed by atoms with Gasteiger partial charge in [0.25, 0.3) is 5.89 Å². The van der Waals surface area contributed by atoms with Gasteiger partial charge in [-0.15, -0.1) is 0 Å². The molecule has 0 aliphatic rings. The van der Waals surface area contributed by atoms with Gasteiger partial charge in [-0.1, -0.05) is 5.16 Å². The van der Waals surface area contributed by atoms with Crippen molar-refractivity contribution in [3.63, 3.8) is 0 Å². The third kappa shape index (κ3) is 2.41. The number of anilines is 1. The highest BCUT2D eigenvalue weighted by molar-refractivity contribution is 9.11. The highest BCUT2D eigenvalue weighted by Gasteiger charge is 2.17. The van der Waals surface area contributed by atoms with Crippen molar-refractivity contribution >= 4 is 37.7 Å². The number of halogens is 2. The quantitative estimate of drug-likeness (QED) is 0.708.